The third kappa shape index (κ3) is 5.21. The summed E-state index contributed by atoms with van der Waals surface area (Å²) in [7, 11) is 2.59. The van der Waals surface area contributed by atoms with E-state index >= 15 is 0 Å². The molecule has 0 saturated heterocycles. The van der Waals surface area contributed by atoms with E-state index in [4.69, 9.17) is 9.47 Å². The Bertz CT molecular complexity index is 1200. The Morgan fingerprint density at radius 2 is 1.18 bits per heavy atom. The molecule has 0 aliphatic heterocycles. The number of nitrogens with one attached hydrogen (secondary N) is 2. The molecule has 2 aromatic carbocycles. The minimum Gasteiger partial charge on any atom is -0.494 e. The van der Waals surface area contributed by atoms with E-state index in [1.54, 1.807) is 0 Å². The zero-order chi connectivity index (χ0) is 24.8. The molecule has 0 spiro atoms. The number of pyridine rings is 1. The van der Waals surface area contributed by atoms with E-state index in [-0.39, 0.29) is 45.6 Å². The first-order chi connectivity index (χ1) is 16.2. The third-order valence-electron chi connectivity index (χ3n) is 4.50. The highest BCUT2D eigenvalue weighted by Gasteiger charge is 2.18. The molecule has 0 unspecified atom stereocenters. The molecule has 0 fully saturated rings. The van der Waals surface area contributed by atoms with Crippen LogP contribution in [0.5, 0.6) is 11.5 Å². The van der Waals surface area contributed by atoms with Crippen molar-refractivity contribution >= 4 is 34.6 Å². The second-order valence-corrected chi connectivity index (χ2v) is 6.60. The number of benzene rings is 2. The summed E-state index contributed by atoms with van der Waals surface area (Å²) in [4.78, 5) is 50.0. The largest absolute Gasteiger partial charge is 0.494 e. The summed E-state index contributed by atoms with van der Waals surface area (Å²) in [5.41, 5.74) is -0.301. The van der Waals surface area contributed by atoms with Gasteiger partial charge in [-0.05, 0) is 24.3 Å². The monoisotopic (exact) mass is 467 g/mol. The van der Waals surface area contributed by atoms with Crippen molar-refractivity contribution in [1.82, 2.24) is 4.98 Å². The maximum absolute atomic E-state index is 12.7. The lowest BCUT2D eigenvalue weighted by molar-refractivity contribution is -0.385. The molecule has 0 saturated carbocycles. The molecule has 13 nitrogen and oxygen atoms in total. The fourth-order valence-corrected chi connectivity index (χ4v) is 2.85. The number of methoxy groups -OCH3 is 2. The molecule has 3 rings (SSSR count). The first-order valence-electron chi connectivity index (χ1n) is 9.48. The van der Waals surface area contributed by atoms with Crippen molar-refractivity contribution in [2.24, 2.45) is 0 Å². The highest BCUT2D eigenvalue weighted by atomic mass is 16.6. The highest BCUT2D eigenvalue weighted by Crippen LogP contribution is 2.30. The number of hydrogen-bond donors (Lipinski definition) is 2. The molecule has 0 aliphatic rings. The number of non-ortho nitro benzene ring substituents is 2. The molecule has 0 radical (unpaired) electrons. The van der Waals surface area contributed by atoms with Gasteiger partial charge in [0.05, 0.1) is 47.6 Å². The molecule has 2 N–H and O–H groups in total. The average molecular weight is 467 g/mol. The number of amides is 2. The van der Waals surface area contributed by atoms with Crippen molar-refractivity contribution in [3.05, 3.63) is 86.2 Å². The summed E-state index contributed by atoms with van der Waals surface area (Å²) in [5, 5.41) is 26.9. The van der Waals surface area contributed by atoms with Crippen molar-refractivity contribution in [2.75, 3.05) is 24.9 Å². The second-order valence-electron chi connectivity index (χ2n) is 6.60. The number of hydrogen-bond acceptors (Lipinski definition) is 9. The van der Waals surface area contributed by atoms with E-state index in [0.717, 1.165) is 12.1 Å². The number of nitro benzene ring substituents is 2. The van der Waals surface area contributed by atoms with Crippen LogP contribution in [0.1, 0.15) is 21.0 Å². The van der Waals surface area contributed by atoms with Gasteiger partial charge in [-0.25, -0.2) is 4.98 Å². The Morgan fingerprint density at radius 1 is 0.765 bits per heavy atom. The number of carbonyl (C=O) groups is 2. The topological polar surface area (TPSA) is 176 Å². The summed E-state index contributed by atoms with van der Waals surface area (Å²) < 4.78 is 10.2. The van der Waals surface area contributed by atoms with Crippen LogP contribution in [0.25, 0.3) is 0 Å². The molecular weight excluding hydrogens is 450 g/mol. The lowest BCUT2D eigenvalue weighted by Crippen LogP contribution is -2.19. The quantitative estimate of drug-likeness (QED) is 0.371. The van der Waals surface area contributed by atoms with Gasteiger partial charge in [0, 0.05) is 12.1 Å². The molecule has 3 aromatic rings. The molecule has 174 valence electrons. The maximum atomic E-state index is 12.7. The van der Waals surface area contributed by atoms with Crippen molar-refractivity contribution < 1.29 is 28.9 Å². The first kappa shape index (κ1) is 23.6. The molecule has 2 amide bonds. The minimum atomic E-state index is -0.685. The lowest BCUT2D eigenvalue weighted by Gasteiger charge is -2.11. The first-order valence-corrected chi connectivity index (χ1v) is 9.48. The summed E-state index contributed by atoms with van der Waals surface area (Å²) >= 11 is 0. The Kier molecular flexibility index (Phi) is 6.96. The molecule has 1 heterocycles. The van der Waals surface area contributed by atoms with Crippen LogP contribution in [0.4, 0.5) is 22.7 Å². The zero-order valence-corrected chi connectivity index (χ0v) is 17.8. The van der Waals surface area contributed by atoms with Crippen LogP contribution in [0.15, 0.2) is 54.6 Å². The van der Waals surface area contributed by atoms with Crippen molar-refractivity contribution in [3.8, 4) is 11.5 Å². The van der Waals surface area contributed by atoms with E-state index in [0.29, 0.717) is 0 Å². The van der Waals surface area contributed by atoms with Crippen molar-refractivity contribution in [2.45, 2.75) is 0 Å². The minimum absolute atomic E-state index is 0.0710. The normalized spacial score (nSPS) is 10.2. The van der Waals surface area contributed by atoms with E-state index in [1.807, 2.05) is 0 Å². The van der Waals surface area contributed by atoms with Gasteiger partial charge in [0.1, 0.15) is 22.9 Å². The van der Waals surface area contributed by atoms with Gasteiger partial charge < -0.3 is 20.1 Å². The Balaban J connectivity index is 1.80. The summed E-state index contributed by atoms with van der Waals surface area (Å²) in [5.74, 6) is -1.23. The van der Waals surface area contributed by atoms with Crippen LogP contribution in [0.2, 0.25) is 0 Å². The Labute approximate surface area is 191 Å². The molecule has 34 heavy (non-hydrogen) atoms. The predicted molar refractivity (Wildman–Crippen MR) is 119 cm³/mol. The van der Waals surface area contributed by atoms with Crippen molar-refractivity contribution in [3.63, 3.8) is 0 Å². The SMILES string of the molecule is COc1cc([N+](=O)[O-])ccc1NC(=O)c1cccc(C(=O)Nc2ccc([N+](=O)[O-])cc2OC)n1. The van der Waals surface area contributed by atoms with Gasteiger partial charge >= 0.3 is 0 Å². The molecule has 13 heteroatoms. The van der Waals surface area contributed by atoms with Gasteiger partial charge in [-0.1, -0.05) is 6.07 Å². The van der Waals surface area contributed by atoms with E-state index in [9.17, 15) is 29.8 Å². The average Bonchev–Trinajstić information content (AvgIpc) is 2.84. The number of anilines is 2. The lowest BCUT2D eigenvalue weighted by atomic mass is 10.2. The van der Waals surface area contributed by atoms with Crippen molar-refractivity contribution in [1.29, 1.82) is 0 Å². The van der Waals surface area contributed by atoms with Crippen LogP contribution in [-0.2, 0) is 0 Å². The van der Waals surface area contributed by atoms with Gasteiger partial charge in [-0.3, -0.25) is 29.8 Å². The van der Waals surface area contributed by atoms with Crippen LogP contribution in [0, 0.1) is 20.2 Å². The standard InChI is InChI=1S/C21H17N5O8/c1-33-18-10-12(25(29)30)6-8-14(18)23-20(27)16-4-3-5-17(22-16)21(28)24-15-9-7-13(26(31)32)11-19(15)34-2/h3-11H,1-2H3,(H,23,27)(H,24,28). The number of nitrogens with zero attached hydrogens (tertiary/aromatic N) is 3. The van der Waals surface area contributed by atoms with Crippen LogP contribution in [-0.4, -0.2) is 40.9 Å². The van der Waals surface area contributed by atoms with Gasteiger partial charge in [0.15, 0.2) is 0 Å². The third-order valence-corrected chi connectivity index (χ3v) is 4.50. The van der Waals surface area contributed by atoms with E-state index < -0.39 is 21.7 Å². The number of rotatable bonds is 8. The molecule has 1 aromatic heterocycles. The fraction of sp³-hybridized carbons (Fsp3) is 0.0952. The van der Waals surface area contributed by atoms with Crippen LogP contribution in [0.3, 0.4) is 0 Å². The van der Waals surface area contributed by atoms with Gasteiger partial charge in [-0.15, -0.1) is 0 Å². The maximum Gasteiger partial charge on any atom is 0.274 e. The fourth-order valence-electron chi connectivity index (χ4n) is 2.85. The van der Waals surface area contributed by atoms with Gasteiger partial charge in [0.2, 0.25) is 0 Å². The zero-order valence-electron chi connectivity index (χ0n) is 17.8. The van der Waals surface area contributed by atoms with Crippen LogP contribution < -0.4 is 20.1 Å². The highest BCUT2D eigenvalue weighted by molar-refractivity contribution is 6.07. The van der Waals surface area contributed by atoms with Gasteiger partial charge in [-0.2, -0.15) is 0 Å². The Hall–Kier alpha value is -5.07. The van der Waals surface area contributed by atoms with Crippen LogP contribution >= 0.6 is 0 Å². The second kappa shape index (κ2) is 10.0. The molecular formula is C21H17N5O8. The number of ether oxygens (including phenoxy) is 2. The molecule has 0 aliphatic carbocycles. The smallest absolute Gasteiger partial charge is 0.274 e. The molecule has 0 atom stereocenters. The number of nitro groups is 2. The van der Waals surface area contributed by atoms with E-state index in [1.165, 1.54) is 56.7 Å². The molecule has 0 bridgehead atoms. The summed E-state index contributed by atoms with van der Waals surface area (Å²) in [6.07, 6.45) is 0. The summed E-state index contributed by atoms with van der Waals surface area (Å²) in [6.45, 7) is 0. The van der Waals surface area contributed by atoms with Gasteiger partial charge in [0.25, 0.3) is 23.2 Å². The predicted octanol–water partition coefficient (Wildman–Crippen LogP) is 3.42. The van der Waals surface area contributed by atoms with E-state index in [2.05, 4.69) is 15.6 Å². The number of aromatic nitrogens is 1. The summed E-state index contributed by atoms with van der Waals surface area (Å²) in [6, 6.07) is 11.5. The Morgan fingerprint density at radius 3 is 1.53 bits per heavy atom. The number of carbonyl (C=O) groups excluding carboxylic acids is 2.